The number of benzene rings is 1. The maximum absolute atomic E-state index is 12.6. The average molecular weight is 423 g/mol. The van der Waals surface area contributed by atoms with E-state index in [2.05, 4.69) is 25.9 Å². The number of hydrogen-bond acceptors (Lipinski definition) is 5. The molecule has 1 aromatic carbocycles. The minimum absolute atomic E-state index is 0. The molecule has 4 rings (SSSR count). The van der Waals surface area contributed by atoms with E-state index in [1.807, 2.05) is 37.3 Å². The van der Waals surface area contributed by atoms with E-state index in [-0.39, 0.29) is 30.7 Å². The normalized spacial score (nSPS) is 16.1. The van der Waals surface area contributed by atoms with E-state index in [1.165, 1.54) is 0 Å². The van der Waals surface area contributed by atoms with Gasteiger partial charge in [0.2, 0.25) is 0 Å². The fourth-order valence-corrected chi connectivity index (χ4v) is 3.45. The lowest BCUT2D eigenvalue weighted by molar-refractivity contribution is 0.0939. The third-order valence-corrected chi connectivity index (χ3v) is 4.90. The third-order valence-electron chi connectivity index (χ3n) is 4.90. The van der Waals surface area contributed by atoms with Crippen LogP contribution in [0.3, 0.4) is 0 Å². The number of carbonyl (C=O) groups is 1. The van der Waals surface area contributed by atoms with Gasteiger partial charge in [-0.3, -0.25) is 9.78 Å². The van der Waals surface area contributed by atoms with Gasteiger partial charge in [0.05, 0.1) is 16.9 Å². The molecule has 2 aromatic heterocycles. The number of pyridine rings is 1. The van der Waals surface area contributed by atoms with Crippen LogP contribution in [0.5, 0.6) is 0 Å². The summed E-state index contributed by atoms with van der Waals surface area (Å²) in [5, 5.41) is 15.7. The standard InChI is InChI=1S/C19H22N6O.2ClH/c1-13-17(19(26)22-12-14-5-3-9-20-11-14)23-24-25(13)16-8-2-6-15-7-4-10-21-18(15)16;;/h2,4,6-8,10,14,20H,3,5,9,11-12H2,1H3,(H,22,26);2*1H. The van der Waals surface area contributed by atoms with Gasteiger partial charge in [-0.1, -0.05) is 23.4 Å². The number of piperidine rings is 1. The van der Waals surface area contributed by atoms with Gasteiger partial charge in [-0.25, -0.2) is 4.68 Å². The Labute approximate surface area is 176 Å². The minimum atomic E-state index is -0.174. The summed E-state index contributed by atoms with van der Waals surface area (Å²) < 4.78 is 1.69. The quantitative estimate of drug-likeness (QED) is 0.674. The molecule has 28 heavy (non-hydrogen) atoms. The van der Waals surface area contributed by atoms with Crippen LogP contribution in [0.2, 0.25) is 0 Å². The average Bonchev–Trinajstić information content (AvgIpc) is 3.08. The summed E-state index contributed by atoms with van der Waals surface area (Å²) in [5.41, 5.74) is 2.73. The Morgan fingerprint density at radius 3 is 2.89 bits per heavy atom. The summed E-state index contributed by atoms with van der Waals surface area (Å²) in [7, 11) is 0. The van der Waals surface area contributed by atoms with Crippen LogP contribution in [-0.4, -0.2) is 45.5 Å². The lowest BCUT2D eigenvalue weighted by Gasteiger charge is -2.22. The molecule has 1 saturated heterocycles. The number of para-hydroxylation sites is 1. The van der Waals surface area contributed by atoms with Crippen molar-refractivity contribution in [2.45, 2.75) is 19.8 Å². The molecule has 0 aliphatic carbocycles. The van der Waals surface area contributed by atoms with Gasteiger partial charge in [0, 0.05) is 18.1 Å². The highest BCUT2D eigenvalue weighted by Crippen LogP contribution is 2.21. The summed E-state index contributed by atoms with van der Waals surface area (Å²) in [6, 6.07) is 9.80. The molecule has 1 atom stereocenters. The molecular formula is C19H24Cl2N6O. The van der Waals surface area contributed by atoms with Crippen molar-refractivity contribution in [3.05, 3.63) is 47.9 Å². The van der Waals surface area contributed by atoms with Gasteiger partial charge in [0.1, 0.15) is 0 Å². The maximum Gasteiger partial charge on any atom is 0.273 e. The van der Waals surface area contributed by atoms with Crippen LogP contribution < -0.4 is 10.6 Å². The van der Waals surface area contributed by atoms with Crippen molar-refractivity contribution < 1.29 is 4.79 Å². The van der Waals surface area contributed by atoms with Gasteiger partial charge in [-0.15, -0.1) is 29.9 Å². The van der Waals surface area contributed by atoms with Crippen molar-refractivity contribution in [3.8, 4) is 5.69 Å². The molecule has 1 aliphatic heterocycles. The molecule has 3 aromatic rings. The number of fused-ring (bicyclic) bond motifs is 1. The van der Waals surface area contributed by atoms with Crippen LogP contribution in [0.15, 0.2) is 36.5 Å². The number of carbonyl (C=O) groups excluding carboxylic acids is 1. The second kappa shape index (κ2) is 9.82. The zero-order chi connectivity index (χ0) is 17.9. The first kappa shape index (κ1) is 22.1. The van der Waals surface area contributed by atoms with Crippen LogP contribution in [0.25, 0.3) is 16.6 Å². The lowest BCUT2D eigenvalue weighted by atomic mass is 10.00. The van der Waals surface area contributed by atoms with Gasteiger partial charge >= 0.3 is 0 Å². The maximum atomic E-state index is 12.6. The number of aromatic nitrogens is 4. The summed E-state index contributed by atoms with van der Waals surface area (Å²) in [4.78, 5) is 17.0. The van der Waals surface area contributed by atoms with E-state index < -0.39 is 0 Å². The van der Waals surface area contributed by atoms with Gasteiger partial charge in [-0.2, -0.15) is 0 Å². The van der Waals surface area contributed by atoms with Crippen LogP contribution in [0.1, 0.15) is 29.0 Å². The van der Waals surface area contributed by atoms with Crippen LogP contribution in [0, 0.1) is 12.8 Å². The first-order chi connectivity index (χ1) is 12.7. The fourth-order valence-electron chi connectivity index (χ4n) is 3.45. The van der Waals surface area contributed by atoms with Crippen LogP contribution in [0.4, 0.5) is 0 Å². The predicted molar refractivity (Wildman–Crippen MR) is 114 cm³/mol. The van der Waals surface area contributed by atoms with Crippen LogP contribution in [-0.2, 0) is 0 Å². The number of nitrogens with one attached hydrogen (secondary N) is 2. The van der Waals surface area contributed by atoms with Gasteiger partial charge in [0.25, 0.3) is 5.91 Å². The second-order valence-electron chi connectivity index (χ2n) is 6.71. The number of amides is 1. The molecule has 0 spiro atoms. The highest BCUT2D eigenvalue weighted by Gasteiger charge is 2.20. The molecule has 2 N–H and O–H groups in total. The van der Waals surface area contributed by atoms with Gasteiger partial charge in [-0.05, 0) is 50.9 Å². The van der Waals surface area contributed by atoms with Crippen molar-refractivity contribution in [1.29, 1.82) is 0 Å². The van der Waals surface area contributed by atoms with Crippen molar-refractivity contribution >= 4 is 41.6 Å². The lowest BCUT2D eigenvalue weighted by Crippen LogP contribution is -2.38. The molecule has 150 valence electrons. The first-order valence-corrected chi connectivity index (χ1v) is 8.99. The SMILES string of the molecule is Cc1c(C(=O)NCC2CCCNC2)nnn1-c1cccc2cccnc12.Cl.Cl. The third kappa shape index (κ3) is 4.43. The molecule has 7 nitrogen and oxygen atoms in total. The number of hydrogen-bond donors (Lipinski definition) is 2. The van der Waals surface area contributed by atoms with E-state index in [0.29, 0.717) is 23.9 Å². The highest BCUT2D eigenvalue weighted by molar-refractivity contribution is 5.93. The molecule has 0 bridgehead atoms. The Bertz CT molecular complexity index is 934. The zero-order valence-corrected chi connectivity index (χ0v) is 17.2. The van der Waals surface area contributed by atoms with E-state index >= 15 is 0 Å². The smallest absolute Gasteiger partial charge is 0.273 e. The van der Waals surface area contributed by atoms with Crippen molar-refractivity contribution in [1.82, 2.24) is 30.6 Å². The van der Waals surface area contributed by atoms with E-state index in [0.717, 1.165) is 42.5 Å². The molecule has 0 radical (unpaired) electrons. The summed E-state index contributed by atoms with van der Waals surface area (Å²) in [5.74, 6) is 0.304. The summed E-state index contributed by atoms with van der Waals surface area (Å²) in [6.07, 6.45) is 4.05. The molecule has 1 amide bonds. The van der Waals surface area contributed by atoms with E-state index in [9.17, 15) is 4.79 Å². The van der Waals surface area contributed by atoms with E-state index in [4.69, 9.17) is 0 Å². The fraction of sp³-hybridized carbons (Fsp3) is 0.368. The van der Waals surface area contributed by atoms with Gasteiger partial charge < -0.3 is 10.6 Å². The van der Waals surface area contributed by atoms with E-state index in [1.54, 1.807) is 10.9 Å². The molecule has 1 fully saturated rings. The highest BCUT2D eigenvalue weighted by atomic mass is 35.5. The molecular weight excluding hydrogens is 399 g/mol. The number of nitrogens with zero attached hydrogens (tertiary/aromatic N) is 4. The Hall–Kier alpha value is -2.22. The summed E-state index contributed by atoms with van der Waals surface area (Å²) >= 11 is 0. The topological polar surface area (TPSA) is 84.7 Å². The largest absolute Gasteiger partial charge is 0.350 e. The molecule has 0 saturated carbocycles. The second-order valence-corrected chi connectivity index (χ2v) is 6.71. The molecule has 1 aliphatic rings. The monoisotopic (exact) mass is 422 g/mol. The Morgan fingerprint density at radius 1 is 1.29 bits per heavy atom. The Kier molecular flexibility index (Phi) is 7.74. The van der Waals surface area contributed by atoms with Crippen molar-refractivity contribution in [3.63, 3.8) is 0 Å². The summed E-state index contributed by atoms with van der Waals surface area (Å²) in [6.45, 7) is 4.54. The molecule has 1 unspecified atom stereocenters. The Morgan fingerprint density at radius 2 is 2.11 bits per heavy atom. The van der Waals surface area contributed by atoms with Crippen molar-refractivity contribution in [2.75, 3.05) is 19.6 Å². The van der Waals surface area contributed by atoms with Crippen molar-refractivity contribution in [2.24, 2.45) is 5.92 Å². The Balaban J connectivity index is 0.00000140. The predicted octanol–water partition coefficient (Wildman–Crippen LogP) is 2.70. The number of halogens is 2. The zero-order valence-electron chi connectivity index (χ0n) is 15.6. The first-order valence-electron chi connectivity index (χ1n) is 8.99. The van der Waals surface area contributed by atoms with Crippen LogP contribution >= 0.6 is 24.8 Å². The molecule has 3 heterocycles. The molecule has 9 heteroatoms. The minimum Gasteiger partial charge on any atom is -0.350 e. The number of rotatable bonds is 4. The van der Waals surface area contributed by atoms with Gasteiger partial charge in [0.15, 0.2) is 5.69 Å².